The molecule has 0 fully saturated rings. The van der Waals surface area contributed by atoms with E-state index in [2.05, 4.69) is 32.7 Å². The minimum Gasteiger partial charge on any atom is -0.477 e. The summed E-state index contributed by atoms with van der Waals surface area (Å²) >= 11 is 1.36. The highest BCUT2D eigenvalue weighted by Crippen LogP contribution is 2.20. The monoisotopic (exact) mass is 241 g/mol. The van der Waals surface area contributed by atoms with Gasteiger partial charge >= 0.3 is 5.97 Å². The Morgan fingerprint density at radius 2 is 2.06 bits per heavy atom. The fourth-order valence-electron chi connectivity index (χ4n) is 1.48. The summed E-state index contributed by atoms with van der Waals surface area (Å²) in [7, 11) is 2.07. The summed E-state index contributed by atoms with van der Waals surface area (Å²) in [6.07, 6.45) is 0. The van der Waals surface area contributed by atoms with E-state index in [0.29, 0.717) is 16.8 Å². The van der Waals surface area contributed by atoms with E-state index in [1.54, 1.807) is 6.07 Å². The van der Waals surface area contributed by atoms with Gasteiger partial charge in [-0.3, -0.25) is 4.90 Å². The molecule has 0 aliphatic rings. The third-order valence-electron chi connectivity index (χ3n) is 2.94. The third-order valence-corrected chi connectivity index (χ3v) is 4.00. The Hall–Kier alpha value is -0.870. The zero-order valence-electron chi connectivity index (χ0n) is 10.2. The number of carbonyl (C=O) groups is 1. The minimum atomic E-state index is -0.837. The number of rotatable bonds is 5. The number of nitrogens with zero attached hydrogens (tertiary/aromatic N) is 1. The molecule has 0 aromatic carbocycles. The van der Waals surface area contributed by atoms with Gasteiger partial charge < -0.3 is 5.11 Å². The maximum Gasteiger partial charge on any atom is 0.345 e. The summed E-state index contributed by atoms with van der Waals surface area (Å²) in [5, 5.41) is 8.83. The Labute approximate surface area is 101 Å². The molecular formula is C12H19NO2S. The zero-order chi connectivity index (χ0) is 12.3. The molecule has 1 aromatic heterocycles. The molecular weight excluding hydrogens is 222 g/mol. The van der Waals surface area contributed by atoms with Gasteiger partial charge in [-0.2, -0.15) is 0 Å². The van der Waals surface area contributed by atoms with Gasteiger partial charge in [0.1, 0.15) is 4.88 Å². The van der Waals surface area contributed by atoms with Crippen molar-refractivity contribution in [3.63, 3.8) is 0 Å². The molecule has 3 nitrogen and oxygen atoms in total. The lowest BCUT2D eigenvalue weighted by atomic mass is 10.1. The lowest BCUT2D eigenvalue weighted by Gasteiger charge is -2.27. The highest BCUT2D eigenvalue weighted by atomic mass is 32.1. The molecule has 1 atom stereocenters. The van der Waals surface area contributed by atoms with Crippen molar-refractivity contribution >= 4 is 17.3 Å². The molecule has 0 amide bonds. The van der Waals surface area contributed by atoms with E-state index in [1.807, 2.05) is 6.07 Å². The highest BCUT2D eigenvalue weighted by molar-refractivity contribution is 7.13. The average Bonchev–Trinajstić information content (AvgIpc) is 2.64. The number of thiophene rings is 1. The standard InChI is InChI=1S/C12H19NO2S/c1-8(2)9(3)13(4)7-10-5-6-11(16-10)12(14)15/h5-6,8-9H,7H2,1-4H3,(H,14,15). The number of carboxylic acid groups (broad SMARTS) is 1. The van der Waals surface area contributed by atoms with Crippen molar-refractivity contribution in [1.29, 1.82) is 0 Å². The largest absolute Gasteiger partial charge is 0.477 e. The van der Waals surface area contributed by atoms with E-state index in [0.717, 1.165) is 11.4 Å². The quantitative estimate of drug-likeness (QED) is 0.861. The Morgan fingerprint density at radius 3 is 2.50 bits per heavy atom. The second-order valence-corrected chi connectivity index (χ2v) is 5.64. The van der Waals surface area contributed by atoms with Crippen LogP contribution in [0, 0.1) is 5.92 Å². The first-order valence-corrected chi connectivity index (χ1v) is 6.25. The van der Waals surface area contributed by atoms with Crippen LogP contribution in [0.15, 0.2) is 12.1 Å². The topological polar surface area (TPSA) is 40.5 Å². The van der Waals surface area contributed by atoms with Gasteiger partial charge in [0.05, 0.1) is 0 Å². The molecule has 0 bridgehead atoms. The Kier molecular flexibility index (Phi) is 4.50. The van der Waals surface area contributed by atoms with Crippen molar-refractivity contribution in [2.75, 3.05) is 7.05 Å². The van der Waals surface area contributed by atoms with Crippen LogP contribution >= 0.6 is 11.3 Å². The molecule has 1 heterocycles. The van der Waals surface area contributed by atoms with Gasteiger partial charge in [-0.05, 0) is 32.0 Å². The van der Waals surface area contributed by atoms with E-state index in [1.165, 1.54) is 11.3 Å². The molecule has 1 N–H and O–H groups in total. The molecule has 1 unspecified atom stereocenters. The highest BCUT2D eigenvalue weighted by Gasteiger charge is 2.15. The second kappa shape index (κ2) is 5.46. The Morgan fingerprint density at radius 1 is 1.44 bits per heavy atom. The van der Waals surface area contributed by atoms with E-state index in [4.69, 9.17) is 5.11 Å². The van der Waals surface area contributed by atoms with Crippen LogP contribution in [0.3, 0.4) is 0 Å². The van der Waals surface area contributed by atoms with Gasteiger partial charge in [0.2, 0.25) is 0 Å². The van der Waals surface area contributed by atoms with Crippen molar-refractivity contribution in [2.45, 2.75) is 33.4 Å². The predicted molar refractivity (Wildman–Crippen MR) is 67.0 cm³/mol. The zero-order valence-corrected chi connectivity index (χ0v) is 11.0. The molecule has 0 spiro atoms. The Bertz CT molecular complexity index is 360. The molecule has 0 saturated heterocycles. The van der Waals surface area contributed by atoms with Crippen molar-refractivity contribution in [2.24, 2.45) is 5.92 Å². The number of hydrogen-bond acceptors (Lipinski definition) is 3. The summed E-state index contributed by atoms with van der Waals surface area (Å²) in [6.45, 7) is 7.39. The normalized spacial score (nSPS) is 13.4. The smallest absolute Gasteiger partial charge is 0.345 e. The fourth-order valence-corrected chi connectivity index (χ4v) is 2.39. The SMILES string of the molecule is CC(C)C(C)N(C)Cc1ccc(C(=O)O)s1. The van der Waals surface area contributed by atoms with Crippen LogP contribution in [-0.4, -0.2) is 29.1 Å². The molecule has 0 saturated carbocycles. The van der Waals surface area contributed by atoms with Crippen LogP contribution in [-0.2, 0) is 6.54 Å². The summed E-state index contributed by atoms with van der Waals surface area (Å²) in [5.41, 5.74) is 0. The van der Waals surface area contributed by atoms with Crippen LogP contribution < -0.4 is 0 Å². The summed E-state index contributed by atoms with van der Waals surface area (Å²) in [6, 6.07) is 4.07. The first kappa shape index (κ1) is 13.2. The predicted octanol–water partition coefficient (Wildman–Crippen LogP) is 2.92. The summed E-state index contributed by atoms with van der Waals surface area (Å²) in [4.78, 5) is 14.5. The van der Waals surface area contributed by atoms with Gasteiger partial charge in [0, 0.05) is 17.5 Å². The lowest BCUT2D eigenvalue weighted by Crippen LogP contribution is -2.32. The summed E-state index contributed by atoms with van der Waals surface area (Å²) in [5.74, 6) is -0.236. The van der Waals surface area contributed by atoms with E-state index >= 15 is 0 Å². The van der Waals surface area contributed by atoms with Crippen molar-refractivity contribution < 1.29 is 9.90 Å². The minimum absolute atomic E-state index is 0.417. The van der Waals surface area contributed by atoms with E-state index in [9.17, 15) is 4.79 Å². The van der Waals surface area contributed by atoms with Crippen LogP contribution in [0.25, 0.3) is 0 Å². The van der Waals surface area contributed by atoms with Crippen LogP contribution in [0.1, 0.15) is 35.3 Å². The number of carboxylic acids is 1. The molecule has 16 heavy (non-hydrogen) atoms. The molecule has 0 aliphatic carbocycles. The molecule has 1 aromatic rings. The maximum absolute atomic E-state index is 10.7. The fraction of sp³-hybridized carbons (Fsp3) is 0.583. The third kappa shape index (κ3) is 3.32. The van der Waals surface area contributed by atoms with Crippen molar-refractivity contribution in [1.82, 2.24) is 4.90 Å². The summed E-state index contributed by atoms with van der Waals surface area (Å²) < 4.78 is 0. The second-order valence-electron chi connectivity index (χ2n) is 4.47. The van der Waals surface area contributed by atoms with Crippen LogP contribution in [0.5, 0.6) is 0 Å². The van der Waals surface area contributed by atoms with E-state index < -0.39 is 5.97 Å². The average molecular weight is 241 g/mol. The van der Waals surface area contributed by atoms with Crippen LogP contribution in [0.2, 0.25) is 0 Å². The molecule has 0 aliphatic heterocycles. The molecule has 1 rings (SSSR count). The first-order valence-electron chi connectivity index (χ1n) is 5.44. The number of aromatic carboxylic acids is 1. The first-order chi connectivity index (χ1) is 7.41. The van der Waals surface area contributed by atoms with Gasteiger partial charge in [0.15, 0.2) is 0 Å². The van der Waals surface area contributed by atoms with Crippen molar-refractivity contribution in [3.05, 3.63) is 21.9 Å². The van der Waals surface area contributed by atoms with Gasteiger partial charge in [-0.15, -0.1) is 11.3 Å². The molecule has 90 valence electrons. The van der Waals surface area contributed by atoms with Crippen LogP contribution in [0.4, 0.5) is 0 Å². The molecule has 0 radical (unpaired) electrons. The number of hydrogen-bond donors (Lipinski definition) is 1. The van der Waals surface area contributed by atoms with E-state index in [-0.39, 0.29) is 0 Å². The van der Waals surface area contributed by atoms with Gasteiger partial charge in [-0.1, -0.05) is 13.8 Å². The maximum atomic E-state index is 10.7. The van der Waals surface area contributed by atoms with Gasteiger partial charge in [0.25, 0.3) is 0 Å². The van der Waals surface area contributed by atoms with Gasteiger partial charge in [-0.25, -0.2) is 4.79 Å². The Balaban J connectivity index is 2.62. The molecule has 4 heteroatoms. The van der Waals surface area contributed by atoms with Crippen molar-refractivity contribution in [3.8, 4) is 0 Å². The lowest BCUT2D eigenvalue weighted by molar-refractivity contribution is 0.0702.